The molecule has 1 aromatic rings. The standard InChI is InChI=1S/C11H14N2O2/c1-15-11(14)9-2-3-10-7-13(12)5-4-8(10)6-9/h2-3,6H,4-5,7,12H2,1H3. The molecule has 2 rings (SSSR count). The van der Waals surface area contributed by atoms with Crippen molar-refractivity contribution >= 4 is 5.97 Å². The molecule has 0 aliphatic carbocycles. The molecule has 0 spiro atoms. The molecule has 2 N–H and O–H groups in total. The van der Waals surface area contributed by atoms with E-state index in [1.54, 1.807) is 11.1 Å². The monoisotopic (exact) mass is 206 g/mol. The van der Waals surface area contributed by atoms with Crippen molar-refractivity contribution < 1.29 is 9.53 Å². The number of methoxy groups -OCH3 is 1. The van der Waals surface area contributed by atoms with Crippen molar-refractivity contribution in [3.05, 3.63) is 34.9 Å². The van der Waals surface area contributed by atoms with Crippen LogP contribution in [0.5, 0.6) is 0 Å². The molecule has 0 saturated carbocycles. The normalized spacial score (nSPS) is 15.9. The molecule has 1 aromatic carbocycles. The number of rotatable bonds is 1. The summed E-state index contributed by atoms with van der Waals surface area (Å²) in [5.74, 6) is 5.43. The number of hydrazine groups is 1. The second-order valence-electron chi connectivity index (χ2n) is 3.70. The number of benzene rings is 1. The maximum atomic E-state index is 11.3. The maximum absolute atomic E-state index is 11.3. The lowest BCUT2D eigenvalue weighted by molar-refractivity contribution is 0.0600. The molecule has 0 amide bonds. The first-order valence-electron chi connectivity index (χ1n) is 4.90. The van der Waals surface area contributed by atoms with Crippen molar-refractivity contribution in [2.24, 2.45) is 5.84 Å². The second kappa shape index (κ2) is 4.00. The quantitative estimate of drug-likeness (QED) is 0.543. The van der Waals surface area contributed by atoms with Crippen LogP contribution in [-0.2, 0) is 17.7 Å². The van der Waals surface area contributed by atoms with Crippen LogP contribution in [0.25, 0.3) is 0 Å². The zero-order valence-corrected chi connectivity index (χ0v) is 8.69. The predicted octanol–water partition coefficient (Wildman–Crippen LogP) is 0.705. The number of esters is 1. The summed E-state index contributed by atoms with van der Waals surface area (Å²) in [7, 11) is 1.39. The van der Waals surface area contributed by atoms with E-state index in [4.69, 9.17) is 5.84 Å². The fraction of sp³-hybridized carbons (Fsp3) is 0.364. The van der Waals surface area contributed by atoms with Gasteiger partial charge in [-0.1, -0.05) is 6.07 Å². The third kappa shape index (κ3) is 2.00. The van der Waals surface area contributed by atoms with Gasteiger partial charge in [0.1, 0.15) is 0 Å². The third-order valence-corrected chi connectivity index (χ3v) is 2.67. The number of hydrogen-bond acceptors (Lipinski definition) is 4. The summed E-state index contributed by atoms with van der Waals surface area (Å²) in [5.41, 5.74) is 3.00. The first kappa shape index (κ1) is 10.1. The molecule has 4 nitrogen and oxygen atoms in total. The third-order valence-electron chi connectivity index (χ3n) is 2.67. The highest BCUT2D eigenvalue weighted by atomic mass is 16.5. The molecule has 0 saturated heterocycles. The molecular weight excluding hydrogens is 192 g/mol. The Morgan fingerprint density at radius 2 is 2.27 bits per heavy atom. The van der Waals surface area contributed by atoms with E-state index in [2.05, 4.69) is 4.74 Å². The van der Waals surface area contributed by atoms with E-state index in [9.17, 15) is 4.79 Å². The van der Waals surface area contributed by atoms with Crippen LogP contribution < -0.4 is 5.84 Å². The smallest absolute Gasteiger partial charge is 0.337 e. The van der Waals surface area contributed by atoms with Crippen molar-refractivity contribution in [1.82, 2.24) is 5.01 Å². The van der Waals surface area contributed by atoms with E-state index in [1.807, 2.05) is 12.1 Å². The minimum absolute atomic E-state index is 0.284. The van der Waals surface area contributed by atoms with Gasteiger partial charge in [0.05, 0.1) is 12.7 Å². The van der Waals surface area contributed by atoms with Crippen molar-refractivity contribution in [2.45, 2.75) is 13.0 Å². The van der Waals surface area contributed by atoms with Gasteiger partial charge in [-0.2, -0.15) is 0 Å². The van der Waals surface area contributed by atoms with E-state index < -0.39 is 0 Å². The van der Waals surface area contributed by atoms with Crippen molar-refractivity contribution in [3.8, 4) is 0 Å². The van der Waals surface area contributed by atoms with E-state index in [1.165, 1.54) is 18.2 Å². The molecule has 1 aliphatic rings. The Labute approximate surface area is 88.6 Å². The van der Waals surface area contributed by atoms with Crippen LogP contribution >= 0.6 is 0 Å². The van der Waals surface area contributed by atoms with E-state index in [-0.39, 0.29) is 5.97 Å². The topological polar surface area (TPSA) is 55.6 Å². The van der Waals surface area contributed by atoms with Gasteiger partial charge < -0.3 is 4.74 Å². The van der Waals surface area contributed by atoms with E-state index >= 15 is 0 Å². The Morgan fingerprint density at radius 3 is 3.00 bits per heavy atom. The van der Waals surface area contributed by atoms with Crippen LogP contribution in [0.3, 0.4) is 0 Å². The molecule has 1 heterocycles. The van der Waals surface area contributed by atoms with Gasteiger partial charge in [0, 0.05) is 13.1 Å². The fourth-order valence-electron chi connectivity index (χ4n) is 1.82. The lowest BCUT2D eigenvalue weighted by Crippen LogP contribution is -2.36. The van der Waals surface area contributed by atoms with Crippen molar-refractivity contribution in [3.63, 3.8) is 0 Å². The summed E-state index contributed by atoms with van der Waals surface area (Å²) >= 11 is 0. The molecule has 0 bridgehead atoms. The molecule has 1 aliphatic heterocycles. The predicted molar refractivity (Wildman–Crippen MR) is 56.1 cm³/mol. The van der Waals surface area contributed by atoms with Gasteiger partial charge in [-0.05, 0) is 29.7 Å². The van der Waals surface area contributed by atoms with Gasteiger partial charge in [0.15, 0.2) is 0 Å². The largest absolute Gasteiger partial charge is 0.465 e. The number of carbonyl (C=O) groups is 1. The van der Waals surface area contributed by atoms with Gasteiger partial charge in [-0.25, -0.2) is 9.80 Å². The molecule has 4 heteroatoms. The Kier molecular flexibility index (Phi) is 2.70. The number of carbonyl (C=O) groups excluding carboxylic acids is 1. The summed E-state index contributed by atoms with van der Waals surface area (Å²) in [6.45, 7) is 1.58. The highest BCUT2D eigenvalue weighted by Crippen LogP contribution is 2.18. The fourth-order valence-corrected chi connectivity index (χ4v) is 1.82. The highest BCUT2D eigenvalue weighted by Gasteiger charge is 2.15. The number of fused-ring (bicyclic) bond motifs is 1. The first-order valence-corrected chi connectivity index (χ1v) is 4.90. The molecule has 15 heavy (non-hydrogen) atoms. The first-order chi connectivity index (χ1) is 7.20. The van der Waals surface area contributed by atoms with Gasteiger partial charge in [0.25, 0.3) is 0 Å². The molecule has 0 fully saturated rings. The summed E-state index contributed by atoms with van der Waals surface area (Å²) in [5, 5.41) is 1.78. The average molecular weight is 206 g/mol. The highest BCUT2D eigenvalue weighted by molar-refractivity contribution is 5.89. The Morgan fingerprint density at radius 1 is 1.47 bits per heavy atom. The van der Waals surface area contributed by atoms with E-state index in [0.29, 0.717) is 5.56 Å². The minimum atomic E-state index is -0.284. The molecular formula is C11H14N2O2. The SMILES string of the molecule is COC(=O)c1ccc2c(c1)CCN(N)C2. The van der Waals surface area contributed by atoms with E-state index in [0.717, 1.165) is 19.5 Å². The molecule has 80 valence electrons. The molecule has 0 aromatic heterocycles. The number of hydrogen-bond donors (Lipinski definition) is 1. The molecule has 0 unspecified atom stereocenters. The summed E-state index contributed by atoms with van der Waals surface area (Å²) in [6.07, 6.45) is 0.886. The van der Waals surface area contributed by atoms with Crippen LogP contribution in [0.4, 0.5) is 0 Å². The summed E-state index contributed by atoms with van der Waals surface area (Å²) in [6, 6.07) is 5.62. The zero-order chi connectivity index (χ0) is 10.8. The van der Waals surface area contributed by atoms with Gasteiger partial charge >= 0.3 is 5.97 Å². The van der Waals surface area contributed by atoms with Gasteiger partial charge in [0.2, 0.25) is 0 Å². The number of ether oxygens (including phenoxy) is 1. The van der Waals surface area contributed by atoms with Crippen LogP contribution in [0, 0.1) is 0 Å². The van der Waals surface area contributed by atoms with Crippen LogP contribution in [0.1, 0.15) is 21.5 Å². The van der Waals surface area contributed by atoms with Gasteiger partial charge in [-0.15, -0.1) is 0 Å². The number of nitrogens with two attached hydrogens (primary N) is 1. The Hall–Kier alpha value is -1.39. The zero-order valence-electron chi connectivity index (χ0n) is 8.69. The average Bonchev–Trinajstić information content (AvgIpc) is 2.27. The second-order valence-corrected chi connectivity index (χ2v) is 3.70. The molecule has 0 radical (unpaired) electrons. The van der Waals surface area contributed by atoms with Crippen LogP contribution in [0.2, 0.25) is 0 Å². The lowest BCUT2D eigenvalue weighted by atomic mass is 9.98. The van der Waals surface area contributed by atoms with Crippen molar-refractivity contribution in [1.29, 1.82) is 0 Å². The van der Waals surface area contributed by atoms with Crippen LogP contribution in [0.15, 0.2) is 18.2 Å². The van der Waals surface area contributed by atoms with Gasteiger partial charge in [-0.3, -0.25) is 5.84 Å². The summed E-state index contributed by atoms with van der Waals surface area (Å²) in [4.78, 5) is 11.3. The minimum Gasteiger partial charge on any atom is -0.465 e. The van der Waals surface area contributed by atoms with Crippen LogP contribution in [-0.4, -0.2) is 24.6 Å². The Balaban J connectivity index is 2.30. The maximum Gasteiger partial charge on any atom is 0.337 e. The summed E-state index contributed by atoms with van der Waals surface area (Å²) < 4.78 is 4.67. The molecule has 0 atom stereocenters. The Bertz CT molecular complexity index is 390. The lowest BCUT2D eigenvalue weighted by Gasteiger charge is -2.24. The number of nitrogens with zero attached hydrogens (tertiary/aromatic N) is 1. The van der Waals surface area contributed by atoms with Crippen molar-refractivity contribution in [2.75, 3.05) is 13.7 Å².